The highest BCUT2D eigenvalue weighted by Crippen LogP contribution is 2.27. The van der Waals surface area contributed by atoms with Crippen LogP contribution in [0.15, 0.2) is 35.7 Å². The molecule has 1 N–H and O–H groups in total. The van der Waals surface area contributed by atoms with E-state index in [9.17, 15) is 4.79 Å². The summed E-state index contributed by atoms with van der Waals surface area (Å²) in [7, 11) is 0. The van der Waals surface area contributed by atoms with Crippen LogP contribution in [-0.4, -0.2) is 37.0 Å². The molecule has 27 heavy (non-hydrogen) atoms. The van der Waals surface area contributed by atoms with Crippen LogP contribution in [0.1, 0.15) is 47.7 Å². The zero-order valence-corrected chi connectivity index (χ0v) is 17.2. The minimum absolute atomic E-state index is 0.0570. The predicted octanol–water partition coefficient (Wildman–Crippen LogP) is 4.48. The van der Waals surface area contributed by atoms with Crippen molar-refractivity contribution in [2.24, 2.45) is 0 Å². The van der Waals surface area contributed by atoms with Crippen molar-refractivity contribution < 1.29 is 9.53 Å². The van der Waals surface area contributed by atoms with Crippen molar-refractivity contribution in [1.29, 1.82) is 0 Å². The molecule has 1 fully saturated rings. The SMILES string of the molecule is Cc1cccc(OCC(=O)NC[C@H](c2cccs2)N2CCCCCC2)c1C. The normalized spacial score (nSPS) is 16.5. The van der Waals surface area contributed by atoms with Crippen LogP contribution >= 0.6 is 11.3 Å². The fourth-order valence-electron chi connectivity index (χ4n) is 3.58. The van der Waals surface area contributed by atoms with E-state index in [1.54, 1.807) is 11.3 Å². The molecule has 3 rings (SSSR count). The maximum atomic E-state index is 12.4. The second-order valence-corrected chi connectivity index (χ2v) is 8.25. The van der Waals surface area contributed by atoms with Gasteiger partial charge in [-0.25, -0.2) is 0 Å². The molecule has 1 saturated heterocycles. The van der Waals surface area contributed by atoms with Crippen LogP contribution in [0.5, 0.6) is 5.75 Å². The molecule has 146 valence electrons. The second kappa shape index (κ2) is 9.90. The molecule has 1 amide bonds. The van der Waals surface area contributed by atoms with E-state index in [1.807, 2.05) is 19.1 Å². The average molecular weight is 387 g/mol. The van der Waals surface area contributed by atoms with Crippen molar-refractivity contribution in [3.63, 3.8) is 0 Å². The van der Waals surface area contributed by atoms with E-state index in [0.29, 0.717) is 6.54 Å². The quantitative estimate of drug-likeness (QED) is 0.763. The molecule has 0 radical (unpaired) electrons. The van der Waals surface area contributed by atoms with Crippen LogP contribution in [0, 0.1) is 13.8 Å². The number of nitrogens with one attached hydrogen (secondary N) is 1. The third kappa shape index (κ3) is 5.56. The second-order valence-electron chi connectivity index (χ2n) is 7.27. The van der Waals surface area contributed by atoms with Gasteiger partial charge in [-0.15, -0.1) is 11.3 Å². The Morgan fingerprint density at radius 1 is 1.15 bits per heavy atom. The number of likely N-dealkylation sites (tertiary alicyclic amines) is 1. The maximum Gasteiger partial charge on any atom is 0.258 e. The lowest BCUT2D eigenvalue weighted by atomic mass is 10.1. The van der Waals surface area contributed by atoms with Crippen LogP contribution in [0.25, 0.3) is 0 Å². The van der Waals surface area contributed by atoms with Gasteiger partial charge in [-0.1, -0.05) is 31.0 Å². The molecule has 2 aromatic rings. The molecule has 1 atom stereocenters. The molecule has 4 nitrogen and oxygen atoms in total. The summed E-state index contributed by atoms with van der Waals surface area (Å²) in [6.07, 6.45) is 5.10. The molecule has 0 bridgehead atoms. The van der Waals surface area contributed by atoms with Crippen molar-refractivity contribution in [2.75, 3.05) is 26.2 Å². The summed E-state index contributed by atoms with van der Waals surface area (Å²) < 4.78 is 5.74. The highest BCUT2D eigenvalue weighted by molar-refractivity contribution is 7.10. The Labute approximate surface area is 166 Å². The highest BCUT2D eigenvalue weighted by Gasteiger charge is 2.23. The first-order valence-electron chi connectivity index (χ1n) is 9.88. The van der Waals surface area contributed by atoms with Crippen LogP contribution in [-0.2, 0) is 4.79 Å². The minimum Gasteiger partial charge on any atom is -0.483 e. The third-order valence-corrected chi connectivity index (χ3v) is 6.33. The largest absolute Gasteiger partial charge is 0.483 e. The van der Waals surface area contributed by atoms with E-state index < -0.39 is 0 Å². The molecular formula is C22H30N2O2S. The minimum atomic E-state index is -0.0627. The molecule has 0 saturated carbocycles. The molecular weight excluding hydrogens is 356 g/mol. The molecule has 0 unspecified atom stereocenters. The molecule has 1 aromatic carbocycles. The van der Waals surface area contributed by atoms with Gasteiger partial charge >= 0.3 is 0 Å². The van der Waals surface area contributed by atoms with Gasteiger partial charge in [0.15, 0.2) is 6.61 Å². The van der Waals surface area contributed by atoms with Gasteiger partial charge in [0.1, 0.15) is 5.75 Å². The maximum absolute atomic E-state index is 12.4. The number of carbonyl (C=O) groups excluding carboxylic acids is 1. The summed E-state index contributed by atoms with van der Waals surface area (Å²) in [5, 5.41) is 5.21. The van der Waals surface area contributed by atoms with Gasteiger partial charge < -0.3 is 10.1 Å². The fraction of sp³-hybridized carbons (Fsp3) is 0.500. The summed E-state index contributed by atoms with van der Waals surface area (Å²) in [6, 6.07) is 10.5. The van der Waals surface area contributed by atoms with Crippen molar-refractivity contribution in [3.8, 4) is 5.75 Å². The Morgan fingerprint density at radius 2 is 1.93 bits per heavy atom. The van der Waals surface area contributed by atoms with E-state index >= 15 is 0 Å². The Balaban J connectivity index is 1.56. The standard InChI is InChI=1S/C22H30N2O2S/c1-17-9-7-10-20(18(17)2)26-16-22(25)23-15-19(21-11-8-14-27-21)24-12-5-3-4-6-13-24/h7-11,14,19H,3-6,12-13,15-16H2,1-2H3,(H,23,25)/t19-/m1/s1. The molecule has 0 spiro atoms. The molecule has 0 aliphatic carbocycles. The van der Waals surface area contributed by atoms with Crippen molar-refractivity contribution in [1.82, 2.24) is 10.2 Å². The predicted molar refractivity (Wildman–Crippen MR) is 112 cm³/mol. The van der Waals surface area contributed by atoms with Gasteiger partial charge in [0.05, 0.1) is 6.04 Å². The topological polar surface area (TPSA) is 41.6 Å². The smallest absolute Gasteiger partial charge is 0.258 e. The van der Waals surface area contributed by atoms with Gasteiger partial charge in [-0.3, -0.25) is 9.69 Å². The number of amides is 1. The number of aryl methyl sites for hydroxylation is 1. The number of thiophene rings is 1. The lowest BCUT2D eigenvalue weighted by Crippen LogP contribution is -2.39. The average Bonchev–Trinajstić information content (AvgIpc) is 3.06. The first-order valence-corrected chi connectivity index (χ1v) is 10.8. The lowest BCUT2D eigenvalue weighted by Gasteiger charge is -2.30. The molecule has 1 aliphatic heterocycles. The van der Waals surface area contributed by atoms with Gasteiger partial charge in [-0.05, 0) is 68.4 Å². The van der Waals surface area contributed by atoms with E-state index in [0.717, 1.165) is 24.4 Å². The monoisotopic (exact) mass is 386 g/mol. The first-order chi connectivity index (χ1) is 13.1. The Bertz CT molecular complexity index is 722. The highest BCUT2D eigenvalue weighted by atomic mass is 32.1. The summed E-state index contributed by atoms with van der Waals surface area (Å²) in [6.45, 7) is 6.98. The molecule has 2 heterocycles. The van der Waals surface area contributed by atoms with E-state index in [1.165, 1.54) is 36.1 Å². The van der Waals surface area contributed by atoms with Crippen LogP contribution in [0.3, 0.4) is 0 Å². The summed E-state index contributed by atoms with van der Waals surface area (Å²) in [4.78, 5) is 16.2. The Morgan fingerprint density at radius 3 is 2.63 bits per heavy atom. The van der Waals surface area contributed by atoms with Gasteiger partial charge in [0, 0.05) is 11.4 Å². The van der Waals surface area contributed by atoms with Crippen molar-refractivity contribution in [3.05, 3.63) is 51.7 Å². The molecule has 1 aromatic heterocycles. The molecule has 1 aliphatic rings. The zero-order chi connectivity index (χ0) is 19.1. The van der Waals surface area contributed by atoms with Crippen LogP contribution in [0.4, 0.5) is 0 Å². The number of hydrogen-bond donors (Lipinski definition) is 1. The number of nitrogens with zero attached hydrogens (tertiary/aromatic N) is 1. The van der Waals surface area contributed by atoms with Crippen LogP contribution < -0.4 is 10.1 Å². The van der Waals surface area contributed by atoms with Gasteiger partial charge in [0.2, 0.25) is 0 Å². The van der Waals surface area contributed by atoms with Crippen LogP contribution in [0.2, 0.25) is 0 Å². The van der Waals surface area contributed by atoms with E-state index in [4.69, 9.17) is 4.74 Å². The van der Waals surface area contributed by atoms with Crippen molar-refractivity contribution in [2.45, 2.75) is 45.6 Å². The number of ether oxygens (including phenoxy) is 1. The summed E-state index contributed by atoms with van der Waals surface area (Å²) in [5.74, 6) is 0.722. The number of carbonyl (C=O) groups is 1. The Kier molecular flexibility index (Phi) is 7.30. The van der Waals surface area contributed by atoms with Gasteiger partial charge in [-0.2, -0.15) is 0 Å². The Hall–Kier alpha value is -1.85. The van der Waals surface area contributed by atoms with Gasteiger partial charge in [0.25, 0.3) is 5.91 Å². The molecule has 5 heteroatoms. The van der Waals surface area contributed by atoms with E-state index in [2.05, 4.69) is 40.7 Å². The van der Waals surface area contributed by atoms with E-state index in [-0.39, 0.29) is 18.6 Å². The fourth-order valence-corrected chi connectivity index (χ4v) is 4.44. The lowest BCUT2D eigenvalue weighted by molar-refractivity contribution is -0.123. The summed E-state index contributed by atoms with van der Waals surface area (Å²) >= 11 is 1.77. The zero-order valence-electron chi connectivity index (χ0n) is 16.4. The number of rotatable bonds is 7. The number of hydrogen-bond acceptors (Lipinski definition) is 4. The third-order valence-electron chi connectivity index (χ3n) is 5.36. The number of benzene rings is 1. The summed E-state index contributed by atoms with van der Waals surface area (Å²) in [5.41, 5.74) is 2.26. The first kappa shape index (κ1) is 19.9. The van der Waals surface area contributed by atoms with Crippen molar-refractivity contribution >= 4 is 17.2 Å².